The summed E-state index contributed by atoms with van der Waals surface area (Å²) in [4.78, 5) is 36.6. The van der Waals surface area contributed by atoms with Crippen LogP contribution in [0.2, 0.25) is 5.02 Å². The normalized spacial score (nSPS) is 14.2. The average Bonchev–Trinajstić information content (AvgIpc) is 3.70. The van der Waals surface area contributed by atoms with E-state index in [1.165, 1.54) is 11.0 Å². The van der Waals surface area contributed by atoms with E-state index < -0.39 is 5.91 Å². The van der Waals surface area contributed by atoms with Crippen molar-refractivity contribution in [3.8, 4) is 5.75 Å². The van der Waals surface area contributed by atoms with Crippen LogP contribution in [0.25, 0.3) is 17.0 Å². The highest BCUT2D eigenvalue weighted by atomic mass is 35.5. The monoisotopic (exact) mass is 663 g/mol. The van der Waals surface area contributed by atoms with E-state index in [1.54, 1.807) is 72.8 Å². The summed E-state index contributed by atoms with van der Waals surface area (Å²) >= 11 is 5.97. The number of hydrogen-bond acceptors (Lipinski definition) is 6. The van der Waals surface area contributed by atoms with Crippen molar-refractivity contribution >= 4 is 63.4 Å². The van der Waals surface area contributed by atoms with E-state index in [1.807, 2.05) is 60.8 Å². The molecule has 5 aromatic carbocycles. The quantitative estimate of drug-likeness (QED) is 0.0522. The number of amides is 2. The molecule has 0 spiro atoms. The number of para-hydroxylation sites is 2. The number of aliphatic imine (C=N–C) groups is 1. The number of nitrogens with one attached hydrogen (secondary N) is 2. The van der Waals surface area contributed by atoms with Crippen LogP contribution in [-0.2, 0) is 4.79 Å². The van der Waals surface area contributed by atoms with Crippen molar-refractivity contribution in [3.05, 3.63) is 167 Å². The Morgan fingerprint density at radius 2 is 1.57 bits per heavy atom. The number of nitrogens with zero attached hydrogens (tertiary/aromatic N) is 5. The maximum atomic E-state index is 13.9. The molecular formula is C38H26ClN7O3. The fraction of sp³-hybridized carbons (Fsp3) is 0. The van der Waals surface area contributed by atoms with Gasteiger partial charge in [0.25, 0.3) is 11.8 Å². The minimum Gasteiger partial charge on any atom is -0.507 e. The van der Waals surface area contributed by atoms with Crippen LogP contribution in [0.5, 0.6) is 5.75 Å². The molecule has 0 saturated heterocycles. The molecule has 3 N–H and O–H groups in total. The van der Waals surface area contributed by atoms with Crippen molar-refractivity contribution in [2.24, 2.45) is 20.3 Å². The Bertz CT molecular complexity index is 2310. The molecule has 0 bridgehead atoms. The number of aromatic amines is 1. The molecule has 0 unspecified atom stereocenters. The highest BCUT2D eigenvalue weighted by Gasteiger charge is 2.32. The van der Waals surface area contributed by atoms with Gasteiger partial charge in [-0.2, -0.15) is 0 Å². The number of phenolic OH excluding ortho intramolecular Hbond substituents is 1. The Balaban J connectivity index is 1.16. The van der Waals surface area contributed by atoms with Gasteiger partial charge in [0, 0.05) is 38.8 Å². The number of rotatable bonds is 7. The lowest BCUT2D eigenvalue weighted by Crippen LogP contribution is -2.32. The molecule has 49 heavy (non-hydrogen) atoms. The van der Waals surface area contributed by atoms with E-state index in [4.69, 9.17) is 16.6 Å². The predicted molar refractivity (Wildman–Crippen MR) is 191 cm³/mol. The Morgan fingerprint density at radius 3 is 2.35 bits per heavy atom. The summed E-state index contributed by atoms with van der Waals surface area (Å²) in [5, 5.41) is 24.5. The van der Waals surface area contributed by atoms with E-state index in [-0.39, 0.29) is 34.3 Å². The number of fused-ring (bicyclic) bond motifs is 1. The minimum atomic E-state index is -0.536. The van der Waals surface area contributed by atoms with Gasteiger partial charge in [-0.1, -0.05) is 72.3 Å². The van der Waals surface area contributed by atoms with Gasteiger partial charge in [-0.3, -0.25) is 14.5 Å². The number of aromatic nitrogens is 1. The highest BCUT2D eigenvalue weighted by molar-refractivity contribution is 6.33. The predicted octanol–water partition coefficient (Wildman–Crippen LogP) is 8.24. The van der Waals surface area contributed by atoms with Crippen LogP contribution in [0.15, 0.2) is 160 Å². The van der Waals surface area contributed by atoms with Crippen LogP contribution in [0, 0.1) is 0 Å². The zero-order valence-corrected chi connectivity index (χ0v) is 26.4. The topological polar surface area (TPSA) is 135 Å². The van der Waals surface area contributed by atoms with Crippen molar-refractivity contribution in [3.63, 3.8) is 0 Å². The minimum absolute atomic E-state index is 0.0149. The molecule has 238 valence electrons. The number of hydrazone groups is 1. The van der Waals surface area contributed by atoms with E-state index in [2.05, 4.69) is 25.7 Å². The molecule has 0 atom stereocenters. The van der Waals surface area contributed by atoms with Crippen molar-refractivity contribution in [1.82, 2.24) is 10.4 Å². The van der Waals surface area contributed by atoms with Gasteiger partial charge in [-0.25, -0.2) is 10.4 Å². The number of anilines is 1. The lowest BCUT2D eigenvalue weighted by Gasteiger charge is -2.18. The summed E-state index contributed by atoms with van der Waals surface area (Å²) in [5.41, 5.74) is 6.93. The SMILES string of the molecule is O=C(N/N=C(/N=Nc1ccc(Cl)cc1)c1ccccc1O)c1ccc(N2C(=O)/C(=C\c3c[nH]c4ccccc34)N=C2c2ccccc2)cc1. The first-order chi connectivity index (χ1) is 23.9. The van der Waals surface area contributed by atoms with E-state index in [0.717, 1.165) is 22.0 Å². The van der Waals surface area contributed by atoms with Crippen LogP contribution in [-0.4, -0.2) is 33.6 Å². The Hall–Kier alpha value is -6.65. The molecule has 0 fully saturated rings. The smallest absolute Gasteiger partial charge is 0.282 e. The van der Waals surface area contributed by atoms with Gasteiger partial charge in [-0.15, -0.1) is 15.3 Å². The van der Waals surface area contributed by atoms with Crippen LogP contribution in [0.4, 0.5) is 11.4 Å². The number of H-pyrrole nitrogens is 1. The lowest BCUT2D eigenvalue weighted by atomic mass is 10.1. The first-order valence-electron chi connectivity index (χ1n) is 15.1. The van der Waals surface area contributed by atoms with Crippen molar-refractivity contribution in [2.45, 2.75) is 0 Å². The molecule has 1 aliphatic heterocycles. The number of amidine groups is 2. The summed E-state index contributed by atoms with van der Waals surface area (Å²) < 4.78 is 0. The van der Waals surface area contributed by atoms with Gasteiger partial charge in [0.1, 0.15) is 17.3 Å². The maximum Gasteiger partial charge on any atom is 0.282 e. The number of carbonyl (C=O) groups is 2. The summed E-state index contributed by atoms with van der Waals surface area (Å²) in [5.74, 6) is -0.468. The van der Waals surface area contributed by atoms with Crippen molar-refractivity contribution < 1.29 is 14.7 Å². The first-order valence-corrected chi connectivity index (χ1v) is 15.5. The molecule has 2 heterocycles. The molecule has 11 heteroatoms. The molecule has 0 radical (unpaired) electrons. The highest BCUT2D eigenvalue weighted by Crippen LogP contribution is 2.30. The Kier molecular flexibility index (Phi) is 8.60. The fourth-order valence-electron chi connectivity index (χ4n) is 5.24. The van der Waals surface area contributed by atoms with Crippen LogP contribution >= 0.6 is 11.6 Å². The van der Waals surface area contributed by atoms with Gasteiger partial charge in [0.05, 0.1) is 16.9 Å². The number of carbonyl (C=O) groups excluding carboxylic acids is 2. The summed E-state index contributed by atoms with van der Waals surface area (Å²) in [6, 6.07) is 37.0. The second-order valence-electron chi connectivity index (χ2n) is 10.9. The molecule has 1 aromatic heterocycles. The molecule has 0 saturated carbocycles. The van der Waals surface area contributed by atoms with E-state index in [0.29, 0.717) is 22.2 Å². The molecule has 0 aliphatic carbocycles. The summed E-state index contributed by atoms with van der Waals surface area (Å²) in [6.07, 6.45) is 3.63. The van der Waals surface area contributed by atoms with Gasteiger partial charge >= 0.3 is 0 Å². The van der Waals surface area contributed by atoms with Crippen LogP contribution in [0.1, 0.15) is 27.0 Å². The molecule has 7 rings (SSSR count). The summed E-state index contributed by atoms with van der Waals surface area (Å²) in [6.45, 7) is 0. The molecule has 10 nitrogen and oxygen atoms in total. The van der Waals surface area contributed by atoms with Crippen LogP contribution in [0.3, 0.4) is 0 Å². The molecule has 2 amide bonds. The number of phenols is 1. The first kappa shape index (κ1) is 31.0. The Labute approximate surface area is 285 Å². The number of azo groups is 1. The molecule has 1 aliphatic rings. The average molecular weight is 664 g/mol. The van der Waals surface area contributed by atoms with Gasteiger partial charge in [0.15, 0.2) is 0 Å². The third kappa shape index (κ3) is 6.62. The van der Waals surface area contributed by atoms with E-state index in [9.17, 15) is 14.7 Å². The second kappa shape index (κ2) is 13.6. The third-order valence-electron chi connectivity index (χ3n) is 7.69. The van der Waals surface area contributed by atoms with Gasteiger partial charge in [0.2, 0.25) is 5.84 Å². The fourth-order valence-corrected chi connectivity index (χ4v) is 5.37. The number of halogens is 1. The summed E-state index contributed by atoms with van der Waals surface area (Å²) in [7, 11) is 0. The number of aromatic hydroxyl groups is 1. The second-order valence-corrected chi connectivity index (χ2v) is 11.3. The Morgan fingerprint density at radius 1 is 0.857 bits per heavy atom. The maximum absolute atomic E-state index is 13.9. The largest absolute Gasteiger partial charge is 0.507 e. The number of benzene rings is 5. The molecule has 6 aromatic rings. The standard InChI is InChI=1S/C38H26ClN7O3/c39-27-16-18-28(19-17-27)42-43-35(31-11-5-7-13-34(31)47)44-45-37(48)25-14-20-29(21-15-25)46-36(24-8-2-1-3-9-24)41-33(38(46)49)22-26-23-40-32-12-6-4-10-30(26)32/h1-23,40,47H,(H,45,48)/b33-22+,43-42?,44-35+. The van der Waals surface area contributed by atoms with Crippen molar-refractivity contribution in [1.29, 1.82) is 0 Å². The van der Waals surface area contributed by atoms with Crippen LogP contribution < -0.4 is 10.3 Å². The van der Waals surface area contributed by atoms with E-state index >= 15 is 0 Å². The lowest BCUT2D eigenvalue weighted by molar-refractivity contribution is -0.113. The van der Waals surface area contributed by atoms with Crippen molar-refractivity contribution in [2.75, 3.05) is 4.90 Å². The molecular weight excluding hydrogens is 638 g/mol. The zero-order chi connectivity index (χ0) is 33.7. The third-order valence-corrected chi connectivity index (χ3v) is 7.94. The van der Waals surface area contributed by atoms with Gasteiger partial charge in [-0.05, 0) is 72.8 Å². The number of hydrogen-bond donors (Lipinski definition) is 3. The van der Waals surface area contributed by atoms with Gasteiger partial charge < -0.3 is 10.1 Å². The zero-order valence-electron chi connectivity index (χ0n) is 25.7.